The summed E-state index contributed by atoms with van der Waals surface area (Å²) < 4.78 is 0. The first kappa shape index (κ1) is 13.5. The molecule has 0 aliphatic carbocycles. The van der Waals surface area contributed by atoms with Crippen LogP contribution in [0.1, 0.15) is 32.8 Å². The highest BCUT2D eigenvalue weighted by molar-refractivity contribution is 5.74. The molecule has 0 atom stereocenters. The molecular formula is C15H21NO. The molecule has 0 aliphatic heterocycles. The van der Waals surface area contributed by atoms with Crippen molar-refractivity contribution in [1.29, 1.82) is 0 Å². The minimum atomic E-state index is 0.143. The van der Waals surface area contributed by atoms with E-state index in [4.69, 9.17) is 0 Å². The van der Waals surface area contributed by atoms with Crippen molar-refractivity contribution in [3.05, 3.63) is 42.0 Å². The Balaban J connectivity index is 2.66. The molecule has 0 saturated carbocycles. The Bertz CT molecular complexity index is 381. The quantitative estimate of drug-likeness (QED) is 0.761. The zero-order chi connectivity index (χ0) is 12.7. The van der Waals surface area contributed by atoms with Crippen LogP contribution in [0.2, 0.25) is 0 Å². The largest absolute Gasteiger partial charge is 0.339 e. The lowest BCUT2D eigenvalue weighted by Crippen LogP contribution is -2.29. The average molecular weight is 231 g/mol. The molecule has 1 aromatic carbocycles. The van der Waals surface area contributed by atoms with Crippen molar-refractivity contribution in [3.63, 3.8) is 0 Å². The molecule has 0 N–H and O–H groups in total. The van der Waals surface area contributed by atoms with Gasteiger partial charge in [0.25, 0.3) is 0 Å². The van der Waals surface area contributed by atoms with Crippen LogP contribution < -0.4 is 0 Å². The maximum atomic E-state index is 11.4. The van der Waals surface area contributed by atoms with Gasteiger partial charge in [-0.05, 0) is 24.5 Å². The highest BCUT2D eigenvalue weighted by atomic mass is 16.2. The van der Waals surface area contributed by atoms with E-state index < -0.39 is 0 Å². The average Bonchev–Trinajstić information content (AvgIpc) is 2.34. The summed E-state index contributed by atoms with van der Waals surface area (Å²) in [5.74, 6) is 0.143. The van der Waals surface area contributed by atoms with Crippen LogP contribution in [0.3, 0.4) is 0 Å². The first-order chi connectivity index (χ1) is 8.15. The topological polar surface area (TPSA) is 20.3 Å². The Hall–Kier alpha value is -1.57. The molecule has 0 spiro atoms. The summed E-state index contributed by atoms with van der Waals surface area (Å²) in [6.45, 7) is 7.32. The Labute approximate surface area is 104 Å². The van der Waals surface area contributed by atoms with Crippen molar-refractivity contribution < 1.29 is 4.79 Å². The maximum Gasteiger partial charge on any atom is 0.219 e. The molecule has 92 valence electrons. The molecule has 1 aromatic rings. The van der Waals surface area contributed by atoms with Gasteiger partial charge in [-0.1, -0.05) is 43.3 Å². The van der Waals surface area contributed by atoms with E-state index >= 15 is 0 Å². The molecular weight excluding hydrogens is 210 g/mol. The third-order valence-corrected chi connectivity index (χ3v) is 2.79. The van der Waals surface area contributed by atoms with Gasteiger partial charge >= 0.3 is 0 Å². The number of benzene rings is 1. The Kier molecular flexibility index (Phi) is 5.47. The van der Waals surface area contributed by atoms with E-state index in [1.54, 1.807) is 6.92 Å². The maximum absolute atomic E-state index is 11.4. The first-order valence-electron chi connectivity index (χ1n) is 6.12. The molecule has 2 nitrogen and oxygen atoms in total. The van der Waals surface area contributed by atoms with Crippen LogP contribution in [0.4, 0.5) is 0 Å². The predicted octanol–water partition coefficient (Wildman–Crippen LogP) is 3.35. The molecule has 1 rings (SSSR count). The standard InChI is InChI=1S/C15H21NO/c1-4-11-16(14(3)17)12-10-13(2)15-8-6-5-7-9-15/h5-10H,4,11-12H2,1-3H3/b13-10+. The number of carbonyl (C=O) groups excluding carboxylic acids is 1. The van der Waals surface area contributed by atoms with Gasteiger partial charge in [-0.15, -0.1) is 0 Å². The van der Waals surface area contributed by atoms with Crippen LogP contribution in [-0.4, -0.2) is 23.9 Å². The lowest BCUT2D eigenvalue weighted by atomic mass is 10.1. The highest BCUT2D eigenvalue weighted by Gasteiger charge is 2.05. The molecule has 0 saturated heterocycles. The van der Waals surface area contributed by atoms with E-state index in [0.29, 0.717) is 6.54 Å². The molecule has 0 aliphatic rings. The molecule has 0 bridgehead atoms. The predicted molar refractivity (Wildman–Crippen MR) is 72.6 cm³/mol. The third-order valence-electron chi connectivity index (χ3n) is 2.79. The van der Waals surface area contributed by atoms with E-state index in [2.05, 4.69) is 32.1 Å². The van der Waals surface area contributed by atoms with Crippen molar-refractivity contribution in [2.24, 2.45) is 0 Å². The van der Waals surface area contributed by atoms with Gasteiger partial charge in [-0.3, -0.25) is 4.79 Å². The molecule has 0 radical (unpaired) electrons. The van der Waals surface area contributed by atoms with Gasteiger partial charge in [0.1, 0.15) is 0 Å². The second-order valence-electron chi connectivity index (χ2n) is 4.22. The summed E-state index contributed by atoms with van der Waals surface area (Å²) >= 11 is 0. The number of carbonyl (C=O) groups is 1. The van der Waals surface area contributed by atoms with Crippen molar-refractivity contribution in [1.82, 2.24) is 4.90 Å². The molecule has 1 amide bonds. The summed E-state index contributed by atoms with van der Waals surface area (Å²) in [6, 6.07) is 10.2. The first-order valence-corrected chi connectivity index (χ1v) is 6.12. The van der Waals surface area contributed by atoms with Gasteiger partial charge in [0.05, 0.1) is 0 Å². The second kappa shape index (κ2) is 6.89. The minimum absolute atomic E-state index is 0.143. The van der Waals surface area contributed by atoms with E-state index in [-0.39, 0.29) is 5.91 Å². The summed E-state index contributed by atoms with van der Waals surface area (Å²) in [5.41, 5.74) is 2.43. The van der Waals surface area contributed by atoms with Crippen LogP contribution in [0.5, 0.6) is 0 Å². The summed E-state index contributed by atoms with van der Waals surface area (Å²) in [4.78, 5) is 13.2. The normalized spacial score (nSPS) is 11.4. The molecule has 17 heavy (non-hydrogen) atoms. The molecule has 0 aromatic heterocycles. The SMILES string of the molecule is CCCN(C/C=C(\C)c1ccccc1)C(C)=O. The number of rotatable bonds is 5. The van der Waals surface area contributed by atoms with Gasteiger partial charge in [0.2, 0.25) is 5.91 Å². The van der Waals surface area contributed by atoms with Crippen molar-refractivity contribution in [2.75, 3.05) is 13.1 Å². The van der Waals surface area contributed by atoms with Gasteiger partial charge < -0.3 is 4.90 Å². The number of allylic oxidation sites excluding steroid dienone is 1. The Morgan fingerprint density at radius 2 is 1.88 bits per heavy atom. The van der Waals surface area contributed by atoms with Gasteiger partial charge in [0, 0.05) is 20.0 Å². The van der Waals surface area contributed by atoms with E-state index in [1.165, 1.54) is 11.1 Å². The monoisotopic (exact) mass is 231 g/mol. The lowest BCUT2D eigenvalue weighted by molar-refractivity contribution is -0.128. The molecule has 0 unspecified atom stereocenters. The lowest BCUT2D eigenvalue weighted by Gasteiger charge is -2.18. The molecule has 0 fully saturated rings. The number of nitrogens with zero attached hydrogens (tertiary/aromatic N) is 1. The van der Waals surface area contributed by atoms with Crippen LogP contribution in [-0.2, 0) is 4.79 Å². The van der Waals surface area contributed by atoms with Gasteiger partial charge in [0.15, 0.2) is 0 Å². The van der Waals surface area contributed by atoms with E-state index in [9.17, 15) is 4.79 Å². The second-order valence-corrected chi connectivity index (χ2v) is 4.22. The summed E-state index contributed by atoms with van der Waals surface area (Å²) in [7, 11) is 0. The third kappa shape index (κ3) is 4.43. The van der Waals surface area contributed by atoms with E-state index in [1.807, 2.05) is 23.1 Å². The number of hydrogen-bond acceptors (Lipinski definition) is 1. The van der Waals surface area contributed by atoms with Crippen LogP contribution >= 0.6 is 0 Å². The fourth-order valence-electron chi connectivity index (χ4n) is 1.71. The fraction of sp³-hybridized carbons (Fsp3) is 0.400. The van der Waals surface area contributed by atoms with Crippen LogP contribution in [0.25, 0.3) is 5.57 Å². The number of hydrogen-bond donors (Lipinski definition) is 0. The van der Waals surface area contributed by atoms with Crippen molar-refractivity contribution in [2.45, 2.75) is 27.2 Å². The number of amides is 1. The molecule has 2 heteroatoms. The minimum Gasteiger partial charge on any atom is -0.339 e. The fourth-order valence-corrected chi connectivity index (χ4v) is 1.71. The zero-order valence-corrected chi connectivity index (χ0v) is 10.9. The van der Waals surface area contributed by atoms with Crippen molar-refractivity contribution >= 4 is 11.5 Å². The van der Waals surface area contributed by atoms with E-state index in [0.717, 1.165) is 13.0 Å². The summed E-state index contributed by atoms with van der Waals surface area (Å²) in [5, 5.41) is 0. The molecule has 0 heterocycles. The summed E-state index contributed by atoms with van der Waals surface area (Å²) in [6.07, 6.45) is 3.12. The van der Waals surface area contributed by atoms with Crippen molar-refractivity contribution in [3.8, 4) is 0 Å². The van der Waals surface area contributed by atoms with Crippen LogP contribution in [0, 0.1) is 0 Å². The van der Waals surface area contributed by atoms with Gasteiger partial charge in [-0.2, -0.15) is 0 Å². The smallest absolute Gasteiger partial charge is 0.219 e. The van der Waals surface area contributed by atoms with Gasteiger partial charge in [-0.25, -0.2) is 0 Å². The Morgan fingerprint density at radius 1 is 1.24 bits per heavy atom. The zero-order valence-electron chi connectivity index (χ0n) is 10.9. The highest BCUT2D eigenvalue weighted by Crippen LogP contribution is 2.12. The van der Waals surface area contributed by atoms with Crippen LogP contribution in [0.15, 0.2) is 36.4 Å². The Morgan fingerprint density at radius 3 is 2.41 bits per heavy atom.